The van der Waals surface area contributed by atoms with Crippen LogP contribution in [-0.4, -0.2) is 10.3 Å². The molecular formula is C4H6ClN3O. The van der Waals surface area contributed by atoms with E-state index in [0.29, 0.717) is 6.54 Å². The molecule has 0 spiro atoms. The zero-order valence-corrected chi connectivity index (χ0v) is 5.45. The smallest absolute Gasteiger partial charge is 0.372 e. The summed E-state index contributed by atoms with van der Waals surface area (Å²) in [5.41, 5.74) is 0. The molecule has 0 unspecified atom stereocenters. The summed E-state index contributed by atoms with van der Waals surface area (Å²) in [6.45, 7) is 4.06. The quantitative estimate of drug-likeness (QED) is 0.323. The topological polar surface area (TPSA) is 42.8 Å². The Morgan fingerprint density at radius 3 is 3.00 bits per heavy atom. The maximum Gasteiger partial charge on any atom is 0.372 e. The minimum Gasteiger partial charge on any atom is -1.00 e. The highest BCUT2D eigenvalue weighted by atomic mass is 35.5. The van der Waals surface area contributed by atoms with Crippen molar-refractivity contribution in [1.82, 2.24) is 10.3 Å². The average Bonchev–Trinajstić information content (AvgIpc) is 2.19. The van der Waals surface area contributed by atoms with E-state index < -0.39 is 0 Å². The predicted octanol–water partition coefficient (Wildman–Crippen LogP) is -3.45. The predicted molar refractivity (Wildman–Crippen MR) is 24.7 cm³/mol. The van der Waals surface area contributed by atoms with Crippen molar-refractivity contribution in [2.24, 2.45) is 0 Å². The van der Waals surface area contributed by atoms with Crippen molar-refractivity contribution in [1.29, 1.82) is 0 Å². The summed E-state index contributed by atoms with van der Waals surface area (Å²) >= 11 is 0. The number of aromatic nitrogens is 3. The molecule has 1 aromatic heterocycles. The number of rotatable bonds is 2. The molecule has 0 fully saturated rings. The minimum absolute atomic E-state index is 0. The Hall–Kier alpha value is -0.900. The summed E-state index contributed by atoms with van der Waals surface area (Å²) in [6.07, 6.45) is 2.95. The Morgan fingerprint density at radius 1 is 1.78 bits per heavy atom. The summed E-state index contributed by atoms with van der Waals surface area (Å²) in [5.74, 6) is 0. The molecule has 0 aliphatic carbocycles. The lowest BCUT2D eigenvalue weighted by molar-refractivity contribution is -0.903. The molecule has 0 saturated carbocycles. The molecule has 9 heavy (non-hydrogen) atoms. The summed E-state index contributed by atoms with van der Waals surface area (Å²) in [5, 5.41) is 6.97. The number of hydrogen-bond acceptors (Lipinski definition) is 3. The Morgan fingerprint density at radius 2 is 2.56 bits per heavy atom. The van der Waals surface area contributed by atoms with E-state index in [1.54, 1.807) is 6.08 Å². The molecule has 5 heteroatoms. The van der Waals surface area contributed by atoms with Crippen molar-refractivity contribution in [2.45, 2.75) is 6.54 Å². The van der Waals surface area contributed by atoms with Gasteiger partial charge in [-0.05, 0) is 6.08 Å². The molecule has 50 valence electrons. The average molecular weight is 148 g/mol. The first-order valence-corrected chi connectivity index (χ1v) is 2.21. The van der Waals surface area contributed by atoms with E-state index in [0.717, 1.165) is 0 Å². The molecule has 0 aliphatic rings. The molecule has 0 N–H and O–H groups in total. The molecular weight excluding hydrogens is 142 g/mol. The van der Waals surface area contributed by atoms with Gasteiger partial charge in [-0.15, -0.1) is 0 Å². The molecule has 0 aliphatic heterocycles. The Labute approximate surface area is 58.5 Å². The van der Waals surface area contributed by atoms with E-state index in [2.05, 4.69) is 16.9 Å². The van der Waals surface area contributed by atoms with Gasteiger partial charge in [-0.1, -0.05) is 6.58 Å². The highest BCUT2D eigenvalue weighted by molar-refractivity contribution is 4.55. The third-order valence-electron chi connectivity index (χ3n) is 0.653. The van der Waals surface area contributed by atoms with Gasteiger partial charge < -0.3 is 12.4 Å². The van der Waals surface area contributed by atoms with Crippen molar-refractivity contribution in [3.05, 3.63) is 19.0 Å². The van der Waals surface area contributed by atoms with Crippen LogP contribution >= 0.6 is 0 Å². The van der Waals surface area contributed by atoms with Crippen LogP contribution in [0.15, 0.2) is 23.6 Å². The van der Waals surface area contributed by atoms with E-state index >= 15 is 0 Å². The van der Waals surface area contributed by atoms with Crippen LogP contribution < -0.4 is 17.3 Å². The van der Waals surface area contributed by atoms with Gasteiger partial charge in [0, 0.05) is 4.85 Å². The van der Waals surface area contributed by atoms with Crippen LogP contribution in [0, 0.1) is 0 Å². The molecule has 0 bridgehead atoms. The van der Waals surface area contributed by atoms with Gasteiger partial charge in [-0.2, -0.15) is 0 Å². The SMILES string of the molecule is C=CC[n+]1nnco1.[Cl-]. The van der Waals surface area contributed by atoms with E-state index in [1.165, 1.54) is 11.2 Å². The highest BCUT2D eigenvalue weighted by Crippen LogP contribution is 1.64. The van der Waals surface area contributed by atoms with Crippen LogP contribution in [0.3, 0.4) is 0 Å². The molecule has 0 aromatic carbocycles. The van der Waals surface area contributed by atoms with Crippen molar-refractivity contribution in [2.75, 3.05) is 0 Å². The van der Waals surface area contributed by atoms with E-state index in [-0.39, 0.29) is 12.4 Å². The van der Waals surface area contributed by atoms with Gasteiger partial charge in [0.2, 0.25) is 0 Å². The Kier molecular flexibility index (Phi) is 3.62. The van der Waals surface area contributed by atoms with E-state index in [9.17, 15) is 0 Å². The zero-order chi connectivity index (χ0) is 5.82. The molecule has 1 rings (SSSR count). The fourth-order valence-corrected chi connectivity index (χ4v) is 0.365. The highest BCUT2D eigenvalue weighted by Gasteiger charge is 1.96. The molecule has 0 radical (unpaired) electrons. The van der Waals surface area contributed by atoms with Gasteiger partial charge in [0.25, 0.3) is 0 Å². The van der Waals surface area contributed by atoms with Gasteiger partial charge in [0.05, 0.1) is 0 Å². The Balaban J connectivity index is 0.000000640. The van der Waals surface area contributed by atoms with Gasteiger partial charge in [-0.3, -0.25) is 0 Å². The molecule has 1 heterocycles. The molecule has 0 atom stereocenters. The van der Waals surface area contributed by atoms with Gasteiger partial charge >= 0.3 is 6.39 Å². The second-order valence-corrected chi connectivity index (χ2v) is 1.24. The van der Waals surface area contributed by atoms with Crippen LogP contribution in [0.5, 0.6) is 0 Å². The molecule has 0 amide bonds. The molecule has 0 saturated heterocycles. The van der Waals surface area contributed by atoms with E-state index in [1.807, 2.05) is 0 Å². The molecule has 4 nitrogen and oxygen atoms in total. The summed E-state index contributed by atoms with van der Waals surface area (Å²) in [7, 11) is 0. The maximum atomic E-state index is 4.70. The fourth-order valence-electron chi connectivity index (χ4n) is 0.365. The Bertz CT molecular complexity index is 162. The first-order chi connectivity index (χ1) is 3.93. The number of allylic oxidation sites excluding steroid dienone is 1. The minimum atomic E-state index is 0. The lowest BCUT2D eigenvalue weighted by Crippen LogP contribution is -3.00. The van der Waals surface area contributed by atoms with Crippen LogP contribution in [0.25, 0.3) is 0 Å². The molecule has 1 aromatic rings. The van der Waals surface area contributed by atoms with Gasteiger partial charge in [0.1, 0.15) is 5.10 Å². The van der Waals surface area contributed by atoms with Crippen LogP contribution in [0.1, 0.15) is 0 Å². The second kappa shape index (κ2) is 4.03. The van der Waals surface area contributed by atoms with Crippen molar-refractivity contribution < 1.29 is 21.8 Å². The maximum absolute atomic E-state index is 4.70. The first-order valence-electron chi connectivity index (χ1n) is 2.21. The normalized spacial score (nSPS) is 8.00. The van der Waals surface area contributed by atoms with E-state index in [4.69, 9.17) is 4.52 Å². The zero-order valence-electron chi connectivity index (χ0n) is 4.70. The lowest BCUT2D eigenvalue weighted by atomic mass is 10.7. The number of halogens is 1. The van der Waals surface area contributed by atoms with Gasteiger partial charge in [-0.25, -0.2) is 4.52 Å². The van der Waals surface area contributed by atoms with Crippen LogP contribution in [-0.2, 0) is 6.54 Å². The third-order valence-corrected chi connectivity index (χ3v) is 0.653. The van der Waals surface area contributed by atoms with Crippen LogP contribution in [0.2, 0.25) is 0 Å². The summed E-state index contributed by atoms with van der Waals surface area (Å²) in [6, 6.07) is 0. The second-order valence-electron chi connectivity index (χ2n) is 1.24. The fraction of sp³-hybridized carbons (Fsp3) is 0.250. The van der Waals surface area contributed by atoms with Gasteiger partial charge in [0.15, 0.2) is 11.8 Å². The van der Waals surface area contributed by atoms with Crippen LogP contribution in [0.4, 0.5) is 0 Å². The first kappa shape index (κ1) is 8.10. The third kappa shape index (κ3) is 2.23. The van der Waals surface area contributed by atoms with Crippen molar-refractivity contribution in [3.8, 4) is 0 Å². The lowest BCUT2D eigenvalue weighted by Gasteiger charge is -1.73. The summed E-state index contributed by atoms with van der Waals surface area (Å²) < 4.78 is 4.70. The largest absolute Gasteiger partial charge is 1.00 e. The van der Waals surface area contributed by atoms with Crippen molar-refractivity contribution in [3.63, 3.8) is 0 Å². The summed E-state index contributed by atoms with van der Waals surface area (Å²) in [4.78, 5) is 1.33. The number of nitrogens with zero attached hydrogens (tertiary/aromatic N) is 3. The monoisotopic (exact) mass is 147 g/mol. The standard InChI is InChI=1S/C4H6N3O.ClH/c1-2-3-7-6-5-4-8-7;/h2,4H,1,3H2;1H/q+1;/p-1. The van der Waals surface area contributed by atoms with Crippen molar-refractivity contribution >= 4 is 0 Å². The number of hydrogen-bond donors (Lipinski definition) is 0.